The molecule has 0 saturated heterocycles. The summed E-state index contributed by atoms with van der Waals surface area (Å²) in [6.07, 6.45) is 0. The summed E-state index contributed by atoms with van der Waals surface area (Å²) in [5, 5.41) is 8.95. The molecule has 1 N–H and O–H groups in total. The number of hydrogen-bond donors (Lipinski definition) is 1. The molecule has 0 aliphatic carbocycles. The maximum atomic E-state index is 12.1. The van der Waals surface area contributed by atoms with Gasteiger partial charge >= 0.3 is 0 Å². The molecule has 6 nitrogen and oxygen atoms in total. The summed E-state index contributed by atoms with van der Waals surface area (Å²) in [4.78, 5) is 2.23. The number of sulfonamides is 1. The normalized spacial score (nSPS) is 11.5. The third-order valence-corrected chi connectivity index (χ3v) is 4.80. The van der Waals surface area contributed by atoms with Crippen molar-refractivity contribution < 1.29 is 13.2 Å². The number of nitrogens with zero attached hydrogens (tertiary/aromatic N) is 2. The van der Waals surface area contributed by atoms with Gasteiger partial charge in [0.15, 0.2) is 0 Å². The molecule has 0 fully saturated rings. The van der Waals surface area contributed by atoms with Gasteiger partial charge in [-0.2, -0.15) is 5.26 Å². The molecule has 0 aromatic heterocycles. The van der Waals surface area contributed by atoms with Gasteiger partial charge in [0.05, 0.1) is 23.7 Å². The Bertz CT molecular complexity index is 592. The number of benzene rings is 1. The Kier molecular flexibility index (Phi) is 8.06. The minimum atomic E-state index is -3.68. The zero-order valence-electron chi connectivity index (χ0n) is 13.1. The van der Waals surface area contributed by atoms with Gasteiger partial charge in [-0.15, -0.1) is 0 Å². The zero-order chi connectivity index (χ0) is 16.4. The standard InChI is InChI=1S/C15H23N3O3S/c1-3-18(4-2)10-12-21-11-9-17-22(19,20)15-8-6-5-7-14(15)13-16/h5-8,17H,3-4,9-12H2,1-2H3. The van der Waals surface area contributed by atoms with Crippen molar-refractivity contribution in [3.8, 4) is 6.07 Å². The first-order valence-electron chi connectivity index (χ1n) is 7.34. The van der Waals surface area contributed by atoms with E-state index in [1.807, 2.05) is 6.07 Å². The average molecular weight is 325 g/mol. The Hall–Kier alpha value is -1.46. The molecule has 0 spiro atoms. The van der Waals surface area contributed by atoms with Gasteiger partial charge in [-0.1, -0.05) is 26.0 Å². The maximum absolute atomic E-state index is 12.1. The van der Waals surface area contributed by atoms with E-state index in [9.17, 15) is 8.42 Å². The lowest BCUT2D eigenvalue weighted by atomic mass is 10.2. The molecule has 0 unspecified atom stereocenters. The molecule has 1 aromatic rings. The van der Waals surface area contributed by atoms with Gasteiger partial charge in [0, 0.05) is 13.1 Å². The molecule has 0 aliphatic rings. The minimum absolute atomic E-state index is 0.000594. The summed E-state index contributed by atoms with van der Waals surface area (Å²) in [5.41, 5.74) is 0.137. The van der Waals surface area contributed by atoms with Crippen LogP contribution in [0.3, 0.4) is 0 Å². The van der Waals surface area contributed by atoms with Gasteiger partial charge in [0.25, 0.3) is 0 Å². The second-order valence-corrected chi connectivity index (χ2v) is 6.38. The Labute approximate surface area is 132 Å². The summed E-state index contributed by atoms with van der Waals surface area (Å²) >= 11 is 0. The van der Waals surface area contributed by atoms with Gasteiger partial charge in [-0.25, -0.2) is 13.1 Å². The molecule has 1 rings (SSSR count). The molecule has 0 aliphatic heterocycles. The molecule has 0 saturated carbocycles. The fourth-order valence-electron chi connectivity index (χ4n) is 1.95. The van der Waals surface area contributed by atoms with E-state index in [0.717, 1.165) is 19.6 Å². The Morgan fingerprint density at radius 1 is 1.23 bits per heavy atom. The molecule has 22 heavy (non-hydrogen) atoms. The molecule has 122 valence electrons. The van der Waals surface area contributed by atoms with Crippen LogP contribution in [-0.2, 0) is 14.8 Å². The predicted octanol–water partition coefficient (Wildman–Crippen LogP) is 1.19. The molecular weight excluding hydrogens is 302 g/mol. The van der Waals surface area contributed by atoms with Crippen molar-refractivity contribution in [2.75, 3.05) is 39.4 Å². The number of rotatable bonds is 10. The van der Waals surface area contributed by atoms with Crippen molar-refractivity contribution >= 4 is 10.0 Å². The number of nitrogens with one attached hydrogen (secondary N) is 1. The van der Waals surface area contributed by atoms with Gasteiger partial charge in [-0.3, -0.25) is 0 Å². The third kappa shape index (κ3) is 5.73. The molecule has 1 aromatic carbocycles. The van der Waals surface area contributed by atoms with Crippen LogP contribution >= 0.6 is 0 Å². The maximum Gasteiger partial charge on any atom is 0.241 e. The zero-order valence-corrected chi connectivity index (χ0v) is 13.9. The van der Waals surface area contributed by atoms with Crippen LogP contribution in [0, 0.1) is 11.3 Å². The first-order valence-corrected chi connectivity index (χ1v) is 8.82. The smallest absolute Gasteiger partial charge is 0.241 e. The number of ether oxygens (including phenoxy) is 1. The van der Waals surface area contributed by atoms with Crippen LogP contribution < -0.4 is 4.72 Å². The summed E-state index contributed by atoms with van der Waals surface area (Å²) in [7, 11) is -3.68. The second-order valence-electron chi connectivity index (χ2n) is 4.64. The fraction of sp³-hybridized carbons (Fsp3) is 0.533. The van der Waals surface area contributed by atoms with E-state index >= 15 is 0 Å². The van der Waals surface area contributed by atoms with E-state index in [2.05, 4.69) is 23.5 Å². The van der Waals surface area contributed by atoms with E-state index in [4.69, 9.17) is 10.00 Å². The van der Waals surface area contributed by atoms with Crippen LogP contribution in [0.1, 0.15) is 19.4 Å². The van der Waals surface area contributed by atoms with Gasteiger partial charge < -0.3 is 9.64 Å². The van der Waals surface area contributed by atoms with Gasteiger partial charge in [-0.05, 0) is 25.2 Å². The molecule has 0 radical (unpaired) electrons. The van der Waals surface area contributed by atoms with Crippen LogP contribution in [-0.4, -0.2) is 52.7 Å². The molecule has 0 bridgehead atoms. The lowest BCUT2D eigenvalue weighted by Crippen LogP contribution is -2.30. The van der Waals surface area contributed by atoms with E-state index in [1.54, 1.807) is 12.1 Å². The monoisotopic (exact) mass is 325 g/mol. The lowest BCUT2D eigenvalue weighted by Gasteiger charge is -2.17. The van der Waals surface area contributed by atoms with Crippen molar-refractivity contribution in [3.05, 3.63) is 29.8 Å². The molecule has 0 atom stereocenters. The number of nitriles is 1. The van der Waals surface area contributed by atoms with Crippen LogP contribution in [0.5, 0.6) is 0 Å². The second kappa shape index (κ2) is 9.54. The van der Waals surface area contributed by atoms with Crippen LogP contribution in [0.15, 0.2) is 29.2 Å². The average Bonchev–Trinajstić information content (AvgIpc) is 2.54. The Morgan fingerprint density at radius 3 is 2.55 bits per heavy atom. The minimum Gasteiger partial charge on any atom is -0.379 e. The summed E-state index contributed by atoms with van der Waals surface area (Å²) in [5.74, 6) is 0. The fourth-order valence-corrected chi connectivity index (χ4v) is 3.12. The highest BCUT2D eigenvalue weighted by molar-refractivity contribution is 7.89. The van der Waals surface area contributed by atoms with E-state index in [-0.39, 0.29) is 17.0 Å². The molecular formula is C15H23N3O3S. The van der Waals surface area contributed by atoms with Gasteiger partial charge in [0.2, 0.25) is 10.0 Å². The first-order chi connectivity index (χ1) is 10.5. The van der Waals surface area contributed by atoms with Crippen molar-refractivity contribution in [2.45, 2.75) is 18.7 Å². The summed E-state index contributed by atoms with van der Waals surface area (Å²) < 4.78 is 32.1. The van der Waals surface area contributed by atoms with Crippen molar-refractivity contribution in [1.29, 1.82) is 5.26 Å². The van der Waals surface area contributed by atoms with Crippen molar-refractivity contribution in [2.24, 2.45) is 0 Å². The predicted molar refractivity (Wildman–Crippen MR) is 85.0 cm³/mol. The highest BCUT2D eigenvalue weighted by atomic mass is 32.2. The molecule has 0 heterocycles. The molecule has 7 heteroatoms. The SMILES string of the molecule is CCN(CC)CCOCCNS(=O)(=O)c1ccccc1C#N. The van der Waals surface area contributed by atoms with E-state index < -0.39 is 10.0 Å². The van der Waals surface area contributed by atoms with E-state index in [0.29, 0.717) is 13.2 Å². The highest BCUT2D eigenvalue weighted by Gasteiger charge is 2.17. The topological polar surface area (TPSA) is 82.4 Å². The van der Waals surface area contributed by atoms with E-state index in [1.165, 1.54) is 12.1 Å². The summed E-state index contributed by atoms with van der Waals surface area (Å²) in [6, 6.07) is 8.01. The quantitative estimate of drug-likeness (QED) is 0.654. The number of likely N-dealkylation sites (N-methyl/N-ethyl adjacent to an activating group) is 1. The largest absolute Gasteiger partial charge is 0.379 e. The first kappa shape index (κ1) is 18.6. The molecule has 0 amide bonds. The highest BCUT2D eigenvalue weighted by Crippen LogP contribution is 2.13. The van der Waals surface area contributed by atoms with Crippen LogP contribution in [0.25, 0.3) is 0 Å². The van der Waals surface area contributed by atoms with Crippen LogP contribution in [0.2, 0.25) is 0 Å². The lowest BCUT2D eigenvalue weighted by molar-refractivity contribution is 0.111. The third-order valence-electron chi connectivity index (χ3n) is 3.28. The van der Waals surface area contributed by atoms with Gasteiger partial charge in [0.1, 0.15) is 6.07 Å². The summed E-state index contributed by atoms with van der Waals surface area (Å²) in [6.45, 7) is 7.99. The van der Waals surface area contributed by atoms with Crippen molar-refractivity contribution in [3.63, 3.8) is 0 Å². The number of hydrogen-bond acceptors (Lipinski definition) is 5. The Morgan fingerprint density at radius 2 is 1.91 bits per heavy atom. The Balaban J connectivity index is 2.40. The van der Waals surface area contributed by atoms with Crippen molar-refractivity contribution in [1.82, 2.24) is 9.62 Å². The van der Waals surface area contributed by atoms with Crippen LogP contribution in [0.4, 0.5) is 0 Å².